The summed E-state index contributed by atoms with van der Waals surface area (Å²) >= 11 is 5.98. The van der Waals surface area contributed by atoms with E-state index in [2.05, 4.69) is 19.3 Å². The molecule has 0 saturated heterocycles. The molecule has 0 radical (unpaired) electrons. The molecule has 0 aromatic heterocycles. The van der Waals surface area contributed by atoms with E-state index >= 15 is 0 Å². The molecule has 4 heteroatoms. The summed E-state index contributed by atoms with van der Waals surface area (Å²) < 4.78 is 1.30. The molecule has 0 bridgehead atoms. The first-order valence-electron chi connectivity index (χ1n) is 6.09. The van der Waals surface area contributed by atoms with Crippen molar-refractivity contribution < 1.29 is 4.79 Å². The second-order valence-corrected chi connectivity index (χ2v) is 6.01. The Kier molecular flexibility index (Phi) is 4.77. The summed E-state index contributed by atoms with van der Waals surface area (Å²) in [5.41, 5.74) is 4.14. The predicted molar refractivity (Wildman–Crippen MR) is 75.4 cm³/mol. The van der Waals surface area contributed by atoms with Crippen molar-refractivity contribution in [2.75, 3.05) is 0 Å². The molecule has 0 aliphatic carbocycles. The topological polar surface area (TPSA) is 32.3 Å². The van der Waals surface area contributed by atoms with Crippen molar-refractivity contribution in [1.29, 1.82) is 0 Å². The van der Waals surface area contributed by atoms with E-state index in [0.29, 0.717) is 11.5 Å². The SMILES string of the molecule is CC(C)c1ccc(C(=O)NN(Cl)C(C)(C)C)cc1. The van der Waals surface area contributed by atoms with Crippen LogP contribution in [-0.2, 0) is 0 Å². The van der Waals surface area contributed by atoms with E-state index in [1.807, 2.05) is 45.0 Å². The fraction of sp³-hybridized carbons (Fsp3) is 0.500. The van der Waals surface area contributed by atoms with Crippen molar-refractivity contribution in [3.8, 4) is 0 Å². The van der Waals surface area contributed by atoms with Crippen LogP contribution < -0.4 is 5.43 Å². The highest BCUT2D eigenvalue weighted by Crippen LogP contribution is 2.16. The molecule has 0 aliphatic rings. The first-order chi connectivity index (χ1) is 8.21. The molecule has 1 rings (SSSR count). The number of hydrogen-bond acceptors (Lipinski definition) is 2. The lowest BCUT2D eigenvalue weighted by molar-refractivity contribution is 0.0806. The van der Waals surface area contributed by atoms with Gasteiger partial charge >= 0.3 is 0 Å². The van der Waals surface area contributed by atoms with Crippen LogP contribution in [0.3, 0.4) is 0 Å². The normalized spacial score (nSPS) is 12.0. The Morgan fingerprint density at radius 3 is 2.11 bits per heavy atom. The lowest BCUT2D eigenvalue weighted by Crippen LogP contribution is -2.46. The van der Waals surface area contributed by atoms with Crippen LogP contribution in [0.1, 0.15) is 56.5 Å². The number of nitrogens with one attached hydrogen (secondary N) is 1. The van der Waals surface area contributed by atoms with Gasteiger partial charge in [-0.15, -0.1) is 4.53 Å². The lowest BCUT2D eigenvalue weighted by Gasteiger charge is -2.28. The van der Waals surface area contributed by atoms with Gasteiger partial charge in [0.25, 0.3) is 5.91 Å². The maximum atomic E-state index is 11.9. The molecule has 0 aliphatic heterocycles. The third-order valence-corrected chi connectivity index (χ3v) is 3.22. The van der Waals surface area contributed by atoms with Gasteiger partial charge < -0.3 is 0 Å². The van der Waals surface area contributed by atoms with Crippen molar-refractivity contribution in [3.05, 3.63) is 35.4 Å². The number of hydrogen-bond donors (Lipinski definition) is 1. The number of carbonyl (C=O) groups excluding carboxylic acids is 1. The van der Waals surface area contributed by atoms with E-state index in [9.17, 15) is 4.79 Å². The molecule has 0 saturated carbocycles. The van der Waals surface area contributed by atoms with Gasteiger partial charge in [0.15, 0.2) is 0 Å². The molecule has 1 aromatic rings. The molecule has 0 unspecified atom stereocenters. The number of carbonyl (C=O) groups is 1. The van der Waals surface area contributed by atoms with Gasteiger partial charge in [-0.1, -0.05) is 26.0 Å². The molecule has 3 nitrogen and oxygen atoms in total. The summed E-state index contributed by atoms with van der Waals surface area (Å²) in [4.78, 5) is 11.9. The van der Waals surface area contributed by atoms with Crippen molar-refractivity contribution in [3.63, 3.8) is 0 Å². The molecule has 1 N–H and O–H groups in total. The van der Waals surface area contributed by atoms with Crippen molar-refractivity contribution in [2.45, 2.75) is 46.1 Å². The molecular formula is C14H21ClN2O. The molecule has 0 atom stereocenters. The minimum absolute atomic E-state index is 0.199. The number of amides is 1. The second-order valence-electron chi connectivity index (χ2n) is 5.67. The Morgan fingerprint density at radius 2 is 1.72 bits per heavy atom. The van der Waals surface area contributed by atoms with Crippen molar-refractivity contribution in [2.24, 2.45) is 0 Å². The van der Waals surface area contributed by atoms with Gasteiger partial charge in [-0.25, -0.2) is 0 Å². The summed E-state index contributed by atoms with van der Waals surface area (Å²) in [5.74, 6) is 0.261. The Morgan fingerprint density at radius 1 is 1.22 bits per heavy atom. The van der Waals surface area contributed by atoms with E-state index in [1.165, 1.54) is 10.1 Å². The van der Waals surface area contributed by atoms with Crippen LogP contribution in [0.25, 0.3) is 0 Å². The van der Waals surface area contributed by atoms with E-state index in [0.717, 1.165) is 0 Å². The van der Waals surface area contributed by atoms with Crippen LogP contribution in [0.5, 0.6) is 0 Å². The Hall–Kier alpha value is -1.06. The van der Waals surface area contributed by atoms with Gasteiger partial charge in [0.05, 0.1) is 0 Å². The average molecular weight is 269 g/mol. The molecule has 100 valence electrons. The zero-order valence-corrected chi connectivity index (χ0v) is 12.4. The van der Waals surface area contributed by atoms with Gasteiger partial charge in [0.1, 0.15) is 0 Å². The first-order valence-corrected chi connectivity index (χ1v) is 6.42. The average Bonchev–Trinajstić information content (AvgIpc) is 2.27. The summed E-state index contributed by atoms with van der Waals surface area (Å²) in [6, 6.07) is 7.57. The molecule has 1 aromatic carbocycles. The maximum Gasteiger partial charge on any atom is 0.266 e. The summed E-state index contributed by atoms with van der Waals surface area (Å²) in [7, 11) is 0. The quantitative estimate of drug-likeness (QED) is 0.670. The standard InChI is InChI=1S/C14H21ClN2O/c1-10(2)11-6-8-12(9-7-11)13(18)16-17(15)14(3,4)5/h6-10H,1-5H3,(H,16,18). The highest BCUT2D eigenvalue weighted by atomic mass is 35.5. The van der Waals surface area contributed by atoms with Crippen molar-refractivity contribution >= 4 is 17.7 Å². The number of benzene rings is 1. The van der Waals surface area contributed by atoms with Gasteiger partial charge in [0.2, 0.25) is 0 Å². The summed E-state index contributed by atoms with van der Waals surface area (Å²) in [6.07, 6.45) is 0. The highest BCUT2D eigenvalue weighted by molar-refractivity contribution is 6.14. The minimum Gasteiger partial charge on any atom is -0.270 e. The molecule has 0 fully saturated rings. The van der Waals surface area contributed by atoms with Gasteiger partial charge in [-0.2, -0.15) is 0 Å². The number of hydrazine groups is 1. The van der Waals surface area contributed by atoms with Crippen LogP contribution >= 0.6 is 11.8 Å². The van der Waals surface area contributed by atoms with Crippen molar-refractivity contribution in [1.82, 2.24) is 9.95 Å². The molecule has 1 amide bonds. The van der Waals surface area contributed by atoms with Gasteiger partial charge in [0, 0.05) is 22.9 Å². The van der Waals surface area contributed by atoms with Crippen LogP contribution in [0.15, 0.2) is 24.3 Å². The zero-order valence-electron chi connectivity index (χ0n) is 11.6. The van der Waals surface area contributed by atoms with Gasteiger partial charge in [-0.3, -0.25) is 10.2 Å². The van der Waals surface area contributed by atoms with Crippen LogP contribution in [0.4, 0.5) is 0 Å². The minimum atomic E-state index is -0.324. The smallest absolute Gasteiger partial charge is 0.266 e. The van der Waals surface area contributed by atoms with E-state index in [-0.39, 0.29) is 11.4 Å². The Labute approximate surface area is 114 Å². The highest BCUT2D eigenvalue weighted by Gasteiger charge is 2.21. The number of halogens is 1. The summed E-state index contributed by atoms with van der Waals surface area (Å²) in [6.45, 7) is 10.00. The molecule has 0 heterocycles. The Balaban J connectivity index is 2.73. The largest absolute Gasteiger partial charge is 0.270 e. The van der Waals surface area contributed by atoms with Crippen LogP contribution in [-0.4, -0.2) is 16.0 Å². The van der Waals surface area contributed by atoms with E-state index in [1.54, 1.807) is 0 Å². The summed E-state index contributed by atoms with van der Waals surface area (Å²) in [5, 5.41) is 0. The maximum absolute atomic E-state index is 11.9. The fourth-order valence-electron chi connectivity index (χ4n) is 1.34. The number of rotatable bonds is 3. The van der Waals surface area contributed by atoms with Gasteiger partial charge in [-0.05, 0) is 44.4 Å². The van der Waals surface area contributed by atoms with Crippen LogP contribution in [0, 0.1) is 0 Å². The molecule has 18 heavy (non-hydrogen) atoms. The molecule has 0 spiro atoms. The fourth-order valence-corrected chi connectivity index (χ4v) is 1.42. The lowest BCUT2D eigenvalue weighted by atomic mass is 10.0. The zero-order chi connectivity index (χ0) is 13.9. The Bertz CT molecular complexity index is 407. The predicted octanol–water partition coefficient (Wildman–Crippen LogP) is 3.71. The monoisotopic (exact) mass is 268 g/mol. The number of nitrogens with zero attached hydrogens (tertiary/aromatic N) is 1. The molecular weight excluding hydrogens is 248 g/mol. The first kappa shape index (κ1) is 15.0. The third kappa shape index (κ3) is 4.00. The van der Waals surface area contributed by atoms with Crippen LogP contribution in [0.2, 0.25) is 0 Å². The van der Waals surface area contributed by atoms with E-state index in [4.69, 9.17) is 11.8 Å². The second kappa shape index (κ2) is 5.72. The van der Waals surface area contributed by atoms with E-state index < -0.39 is 0 Å². The third-order valence-electron chi connectivity index (χ3n) is 2.63.